The average molecular weight is 770 g/mol. The number of aromatic nitrogens is 1. The van der Waals surface area contributed by atoms with Gasteiger partial charge in [0, 0.05) is 38.2 Å². The quantitative estimate of drug-likeness (QED) is 0.134. The molecule has 0 fully saturated rings. The van der Waals surface area contributed by atoms with Gasteiger partial charge in [-0.05, 0) is 115 Å². The third kappa shape index (κ3) is 7.23. The Bertz CT molecular complexity index is 2870. The SMILES string of the molecule is C/C=C\C=C/c1oc2ccc(-c3ccc4c(c3)/C=C3/C(=C\C=C(/C)C4(C)C)C=C(/C=C\C(=C/C)n4c5ccccc5c5ccccc54)C3(C)C)cc2c1/C=C/C=C/CC. The first-order valence-corrected chi connectivity index (χ1v) is 21.1. The van der Waals surface area contributed by atoms with Crippen LogP contribution >= 0.6 is 0 Å². The van der Waals surface area contributed by atoms with Crippen molar-refractivity contribution in [3.8, 4) is 11.1 Å². The van der Waals surface area contributed by atoms with E-state index in [9.17, 15) is 0 Å². The Balaban J connectivity index is 1.21. The summed E-state index contributed by atoms with van der Waals surface area (Å²) in [5, 5.41) is 3.65. The molecule has 2 heterocycles. The Hall–Kier alpha value is -6.38. The number of fused-ring (bicyclic) bond motifs is 6. The molecule has 2 aromatic heterocycles. The van der Waals surface area contributed by atoms with Gasteiger partial charge in [0.05, 0.1) is 11.0 Å². The zero-order valence-corrected chi connectivity index (χ0v) is 35.8. The topological polar surface area (TPSA) is 18.1 Å². The van der Waals surface area contributed by atoms with Gasteiger partial charge in [-0.2, -0.15) is 0 Å². The lowest BCUT2D eigenvalue weighted by molar-refractivity contribution is 0.582. The van der Waals surface area contributed by atoms with E-state index in [0.717, 1.165) is 34.4 Å². The first-order chi connectivity index (χ1) is 28.6. The minimum atomic E-state index is -0.231. The molecule has 0 saturated heterocycles. The largest absolute Gasteiger partial charge is 0.456 e. The highest BCUT2D eigenvalue weighted by atomic mass is 16.3. The van der Waals surface area contributed by atoms with E-state index >= 15 is 0 Å². The lowest BCUT2D eigenvalue weighted by atomic mass is 9.74. The smallest absolute Gasteiger partial charge is 0.135 e. The highest BCUT2D eigenvalue weighted by Gasteiger charge is 2.36. The molecule has 0 atom stereocenters. The van der Waals surface area contributed by atoms with E-state index < -0.39 is 0 Å². The van der Waals surface area contributed by atoms with Crippen LogP contribution in [0.1, 0.15) is 84.3 Å². The van der Waals surface area contributed by atoms with Crippen LogP contribution in [0.4, 0.5) is 0 Å². The minimum Gasteiger partial charge on any atom is -0.456 e. The van der Waals surface area contributed by atoms with Gasteiger partial charge in [0.1, 0.15) is 11.3 Å². The summed E-state index contributed by atoms with van der Waals surface area (Å²) >= 11 is 0. The average Bonchev–Trinajstić information content (AvgIpc) is 3.85. The van der Waals surface area contributed by atoms with Crippen LogP contribution in [-0.4, -0.2) is 4.57 Å². The van der Waals surface area contributed by atoms with Crippen LogP contribution < -0.4 is 0 Å². The molecule has 0 unspecified atom stereocenters. The predicted molar refractivity (Wildman–Crippen MR) is 257 cm³/mol. The molecule has 8 rings (SSSR count). The number of para-hydroxylation sites is 2. The zero-order valence-electron chi connectivity index (χ0n) is 35.8. The van der Waals surface area contributed by atoms with Gasteiger partial charge in [-0.1, -0.05) is 168 Å². The van der Waals surface area contributed by atoms with Crippen LogP contribution in [0, 0.1) is 5.41 Å². The maximum atomic E-state index is 6.41. The van der Waals surface area contributed by atoms with Gasteiger partial charge in [0.2, 0.25) is 0 Å². The summed E-state index contributed by atoms with van der Waals surface area (Å²) in [4.78, 5) is 0. The second kappa shape index (κ2) is 16.1. The molecule has 2 nitrogen and oxygen atoms in total. The second-order valence-electron chi connectivity index (χ2n) is 16.8. The maximum Gasteiger partial charge on any atom is 0.135 e. The molecule has 0 amide bonds. The minimum absolute atomic E-state index is 0.160. The van der Waals surface area contributed by atoms with Crippen molar-refractivity contribution < 1.29 is 4.42 Å². The molecular formula is C57H55NO. The van der Waals surface area contributed by atoms with Gasteiger partial charge in [0.15, 0.2) is 0 Å². The Kier molecular flexibility index (Phi) is 10.8. The van der Waals surface area contributed by atoms with Gasteiger partial charge in [-0.3, -0.25) is 0 Å². The Morgan fingerprint density at radius 1 is 0.695 bits per heavy atom. The molecule has 4 aromatic carbocycles. The van der Waals surface area contributed by atoms with Crippen LogP contribution in [-0.2, 0) is 5.41 Å². The van der Waals surface area contributed by atoms with Crippen molar-refractivity contribution in [2.24, 2.45) is 5.41 Å². The fraction of sp³-hybridized carbons (Fsp3) is 0.193. The fourth-order valence-electron chi connectivity index (χ4n) is 8.73. The van der Waals surface area contributed by atoms with Crippen molar-refractivity contribution in [2.75, 3.05) is 0 Å². The monoisotopic (exact) mass is 769 g/mol. The number of rotatable bonds is 9. The number of allylic oxidation sites excluding steroid dienone is 17. The lowest BCUT2D eigenvalue weighted by Crippen LogP contribution is -2.20. The van der Waals surface area contributed by atoms with Crippen molar-refractivity contribution in [1.82, 2.24) is 4.57 Å². The maximum absolute atomic E-state index is 6.41. The molecule has 0 radical (unpaired) electrons. The van der Waals surface area contributed by atoms with Crippen LogP contribution in [0.5, 0.6) is 0 Å². The van der Waals surface area contributed by atoms with Crippen LogP contribution in [0.3, 0.4) is 0 Å². The van der Waals surface area contributed by atoms with Gasteiger partial charge >= 0.3 is 0 Å². The molecule has 59 heavy (non-hydrogen) atoms. The van der Waals surface area contributed by atoms with Gasteiger partial charge < -0.3 is 8.98 Å². The molecule has 2 aliphatic rings. The van der Waals surface area contributed by atoms with Gasteiger partial charge in [-0.15, -0.1) is 0 Å². The van der Waals surface area contributed by atoms with E-state index in [1.54, 1.807) is 0 Å². The molecule has 294 valence electrons. The third-order valence-corrected chi connectivity index (χ3v) is 12.5. The number of benzene rings is 4. The standard InChI is InChI=1S/C57H55NO/c1-9-12-14-16-23-48-49-37-41(30-34-55(49)59-54(48)26-15-13-10-2)40-29-33-50-43(35-40)38-51-42(28-27-39(4)56(50,5)6)36-44(57(51,7)8)31-32-45(11-3)58-52-24-19-17-21-46(52)47-22-18-20-25-53(47)58/h10-38H,9H2,1-8H3/b13-10-,14-12+,23-16+,26-15-,32-31-,39-27+,42-28-,45-11+,51-38-. The summed E-state index contributed by atoms with van der Waals surface area (Å²) in [5.41, 5.74) is 15.3. The van der Waals surface area contributed by atoms with E-state index in [1.807, 2.05) is 25.2 Å². The molecule has 0 bridgehead atoms. The summed E-state index contributed by atoms with van der Waals surface area (Å²) in [6, 6.07) is 31.1. The molecule has 0 N–H and O–H groups in total. The molecule has 0 spiro atoms. The normalized spacial score (nSPS) is 19.6. The van der Waals surface area contributed by atoms with Crippen molar-refractivity contribution in [1.29, 1.82) is 0 Å². The van der Waals surface area contributed by atoms with E-state index in [0.29, 0.717) is 0 Å². The fourth-order valence-corrected chi connectivity index (χ4v) is 8.73. The third-order valence-electron chi connectivity index (χ3n) is 12.5. The Morgan fingerprint density at radius 3 is 2.10 bits per heavy atom. The van der Waals surface area contributed by atoms with Crippen molar-refractivity contribution >= 4 is 56.7 Å². The van der Waals surface area contributed by atoms with Gasteiger partial charge in [0.25, 0.3) is 0 Å². The van der Waals surface area contributed by atoms with Gasteiger partial charge in [-0.25, -0.2) is 0 Å². The van der Waals surface area contributed by atoms with Crippen LogP contribution in [0.2, 0.25) is 0 Å². The number of nitrogens with zero attached hydrogens (tertiary/aromatic N) is 1. The molecule has 6 aromatic rings. The summed E-state index contributed by atoms with van der Waals surface area (Å²) < 4.78 is 8.81. The Morgan fingerprint density at radius 2 is 1.39 bits per heavy atom. The summed E-state index contributed by atoms with van der Waals surface area (Å²) in [5.74, 6) is 0.858. The first-order valence-electron chi connectivity index (χ1n) is 21.1. The number of hydrogen-bond donors (Lipinski definition) is 0. The molecule has 0 saturated carbocycles. The number of furan rings is 1. The molecular weight excluding hydrogens is 715 g/mol. The van der Waals surface area contributed by atoms with E-state index in [2.05, 4.69) is 211 Å². The summed E-state index contributed by atoms with van der Waals surface area (Å²) in [6.07, 6.45) is 34.1. The van der Waals surface area contributed by atoms with E-state index in [4.69, 9.17) is 4.42 Å². The molecule has 2 aliphatic carbocycles. The molecule has 2 heteroatoms. The highest BCUT2D eigenvalue weighted by molar-refractivity contribution is 6.10. The van der Waals surface area contributed by atoms with Crippen LogP contribution in [0.25, 0.3) is 67.8 Å². The second-order valence-corrected chi connectivity index (χ2v) is 16.8. The number of hydrogen-bond acceptors (Lipinski definition) is 1. The Labute approximate surface area is 350 Å². The summed E-state index contributed by atoms with van der Waals surface area (Å²) in [7, 11) is 0. The van der Waals surface area contributed by atoms with Crippen LogP contribution in [0.15, 0.2) is 185 Å². The van der Waals surface area contributed by atoms with E-state index in [-0.39, 0.29) is 10.8 Å². The van der Waals surface area contributed by atoms with Crippen molar-refractivity contribution in [3.05, 3.63) is 203 Å². The highest BCUT2D eigenvalue weighted by Crippen LogP contribution is 2.50. The first kappa shape index (κ1) is 39.4. The molecule has 0 aliphatic heterocycles. The lowest BCUT2D eigenvalue weighted by Gasteiger charge is -2.29. The van der Waals surface area contributed by atoms with Crippen molar-refractivity contribution in [3.63, 3.8) is 0 Å². The summed E-state index contributed by atoms with van der Waals surface area (Å²) in [6.45, 7) is 18.0. The van der Waals surface area contributed by atoms with Crippen molar-refractivity contribution in [2.45, 2.75) is 67.2 Å². The zero-order chi connectivity index (χ0) is 41.3. The predicted octanol–water partition coefficient (Wildman–Crippen LogP) is 16.4. The van der Waals surface area contributed by atoms with E-state index in [1.165, 1.54) is 66.4 Å².